The summed E-state index contributed by atoms with van der Waals surface area (Å²) in [7, 11) is 0. The van der Waals surface area contributed by atoms with Crippen LogP contribution in [0.3, 0.4) is 0 Å². The minimum atomic E-state index is -0.713. The van der Waals surface area contributed by atoms with Gasteiger partial charge < -0.3 is 10.0 Å². The molecule has 0 saturated carbocycles. The number of amides is 1. The van der Waals surface area contributed by atoms with Gasteiger partial charge in [-0.3, -0.25) is 4.79 Å². The van der Waals surface area contributed by atoms with E-state index in [0.717, 1.165) is 16.7 Å². The molecule has 3 heterocycles. The zero-order chi connectivity index (χ0) is 16.8. The first-order valence-corrected chi connectivity index (χ1v) is 7.98. The van der Waals surface area contributed by atoms with Gasteiger partial charge in [0, 0.05) is 18.9 Å². The average Bonchev–Trinajstić information content (AvgIpc) is 2.90. The topological polar surface area (TPSA) is 70.7 Å². The lowest BCUT2D eigenvalue weighted by atomic mass is 9.97. The maximum atomic E-state index is 12.9. The Balaban J connectivity index is 1.71. The second-order valence-electron chi connectivity index (χ2n) is 5.96. The number of rotatable bonds is 1. The molecule has 7 heteroatoms. The van der Waals surface area contributed by atoms with Crippen LogP contribution in [0, 0.1) is 6.92 Å². The predicted molar refractivity (Wildman–Crippen MR) is 88.9 cm³/mol. The van der Waals surface area contributed by atoms with E-state index in [4.69, 9.17) is 11.6 Å². The van der Waals surface area contributed by atoms with Crippen LogP contribution in [0.5, 0.6) is 0 Å². The summed E-state index contributed by atoms with van der Waals surface area (Å²) < 4.78 is 1.51. The van der Waals surface area contributed by atoms with Gasteiger partial charge in [0.1, 0.15) is 5.02 Å². The normalized spacial score (nSPS) is 17.1. The van der Waals surface area contributed by atoms with Crippen LogP contribution in [0.4, 0.5) is 0 Å². The fourth-order valence-corrected chi connectivity index (χ4v) is 3.28. The monoisotopic (exact) mass is 342 g/mol. The number of nitrogens with zero attached hydrogens (tertiary/aromatic N) is 4. The first-order valence-electron chi connectivity index (χ1n) is 7.60. The van der Waals surface area contributed by atoms with Gasteiger partial charge in [-0.2, -0.15) is 5.10 Å². The second kappa shape index (κ2) is 5.58. The summed E-state index contributed by atoms with van der Waals surface area (Å²) in [6.45, 7) is 2.52. The first kappa shape index (κ1) is 15.1. The zero-order valence-electron chi connectivity index (χ0n) is 13.0. The molecule has 24 heavy (non-hydrogen) atoms. The molecule has 0 bridgehead atoms. The quantitative estimate of drug-likeness (QED) is 0.737. The minimum absolute atomic E-state index is 0.154. The molecule has 1 unspecified atom stereocenters. The summed E-state index contributed by atoms with van der Waals surface area (Å²) in [5.74, 6) is -0.309. The van der Waals surface area contributed by atoms with Crippen molar-refractivity contribution in [3.8, 4) is 0 Å². The van der Waals surface area contributed by atoms with Crippen molar-refractivity contribution >= 4 is 23.2 Å². The number of carbonyl (C=O) groups is 1. The molecule has 0 saturated heterocycles. The van der Waals surface area contributed by atoms with E-state index in [2.05, 4.69) is 10.1 Å². The molecule has 3 aromatic rings. The third-order valence-corrected chi connectivity index (χ3v) is 4.55. The Hall–Kier alpha value is -2.44. The van der Waals surface area contributed by atoms with Gasteiger partial charge >= 0.3 is 0 Å². The Bertz CT molecular complexity index is 953. The van der Waals surface area contributed by atoms with Crippen molar-refractivity contribution in [2.45, 2.75) is 19.6 Å². The number of fused-ring (bicyclic) bond motifs is 2. The molecule has 1 aliphatic rings. The molecule has 4 rings (SSSR count). The number of hydrogen-bond donors (Lipinski definition) is 1. The maximum absolute atomic E-state index is 12.9. The second-order valence-corrected chi connectivity index (χ2v) is 6.34. The fraction of sp³-hybridized carbons (Fsp3) is 0.235. The SMILES string of the molecule is Cc1cnc2c(Cl)c(C(=O)N3Cc4ccccc4C(O)C3)nn2c1. The van der Waals surface area contributed by atoms with E-state index in [9.17, 15) is 9.90 Å². The summed E-state index contributed by atoms with van der Waals surface area (Å²) in [5, 5.41) is 14.8. The largest absolute Gasteiger partial charge is 0.387 e. The summed E-state index contributed by atoms with van der Waals surface area (Å²) in [4.78, 5) is 18.6. The van der Waals surface area contributed by atoms with Crippen molar-refractivity contribution in [1.82, 2.24) is 19.5 Å². The molecule has 122 valence electrons. The van der Waals surface area contributed by atoms with Crippen molar-refractivity contribution in [3.05, 3.63) is 64.1 Å². The summed E-state index contributed by atoms with van der Waals surface area (Å²) in [5.41, 5.74) is 3.31. The van der Waals surface area contributed by atoms with Gasteiger partial charge in [-0.1, -0.05) is 35.9 Å². The Morgan fingerprint density at radius 1 is 1.38 bits per heavy atom. The Morgan fingerprint density at radius 3 is 3.00 bits per heavy atom. The van der Waals surface area contributed by atoms with Crippen LogP contribution in [0.15, 0.2) is 36.7 Å². The number of aryl methyl sites for hydroxylation is 1. The van der Waals surface area contributed by atoms with E-state index in [1.54, 1.807) is 17.3 Å². The molecule has 0 fully saturated rings. The van der Waals surface area contributed by atoms with Crippen LogP contribution in [0.2, 0.25) is 5.02 Å². The number of halogens is 1. The van der Waals surface area contributed by atoms with Crippen LogP contribution >= 0.6 is 11.6 Å². The fourth-order valence-electron chi connectivity index (χ4n) is 3.02. The highest BCUT2D eigenvalue weighted by molar-refractivity contribution is 6.36. The molecule has 1 aromatic carbocycles. The van der Waals surface area contributed by atoms with Crippen molar-refractivity contribution in [1.29, 1.82) is 0 Å². The summed E-state index contributed by atoms with van der Waals surface area (Å²) in [6, 6.07) is 7.57. The third kappa shape index (κ3) is 2.35. The number of carbonyl (C=O) groups excluding carboxylic acids is 1. The van der Waals surface area contributed by atoms with Gasteiger partial charge in [-0.05, 0) is 23.6 Å². The summed E-state index contributed by atoms with van der Waals surface area (Å²) in [6.07, 6.45) is 2.73. The Morgan fingerprint density at radius 2 is 2.17 bits per heavy atom. The van der Waals surface area contributed by atoms with Crippen molar-refractivity contribution in [2.75, 3.05) is 6.54 Å². The van der Waals surface area contributed by atoms with E-state index in [1.807, 2.05) is 31.2 Å². The number of aliphatic hydroxyl groups excluding tert-OH is 1. The Kier molecular flexibility index (Phi) is 3.51. The predicted octanol–water partition coefficient (Wildman–Crippen LogP) is 2.38. The number of β-amino-alcohol motifs (C(OH)–C–C–N with tert-alkyl or cyclic N) is 1. The zero-order valence-corrected chi connectivity index (χ0v) is 13.7. The van der Waals surface area contributed by atoms with E-state index >= 15 is 0 Å². The summed E-state index contributed by atoms with van der Waals surface area (Å²) >= 11 is 6.30. The molecule has 0 spiro atoms. The smallest absolute Gasteiger partial charge is 0.276 e. The van der Waals surface area contributed by atoms with Gasteiger partial charge in [0.15, 0.2) is 11.3 Å². The highest BCUT2D eigenvalue weighted by atomic mass is 35.5. The number of benzene rings is 1. The van der Waals surface area contributed by atoms with Crippen LogP contribution in [-0.4, -0.2) is 37.1 Å². The highest BCUT2D eigenvalue weighted by Crippen LogP contribution is 2.29. The molecule has 1 N–H and O–H groups in total. The van der Waals surface area contributed by atoms with E-state index in [1.165, 1.54) is 4.52 Å². The average molecular weight is 343 g/mol. The lowest BCUT2D eigenvalue weighted by molar-refractivity contribution is 0.0544. The van der Waals surface area contributed by atoms with E-state index in [-0.39, 0.29) is 23.2 Å². The molecule has 6 nitrogen and oxygen atoms in total. The molecule has 1 amide bonds. The van der Waals surface area contributed by atoms with Crippen LogP contribution in [0.25, 0.3) is 5.65 Å². The van der Waals surface area contributed by atoms with Crippen molar-refractivity contribution in [2.24, 2.45) is 0 Å². The first-order chi connectivity index (χ1) is 11.5. The van der Waals surface area contributed by atoms with Crippen LogP contribution in [0.1, 0.15) is 33.3 Å². The van der Waals surface area contributed by atoms with Crippen LogP contribution in [-0.2, 0) is 6.54 Å². The molecule has 0 aliphatic carbocycles. The maximum Gasteiger partial charge on any atom is 0.276 e. The van der Waals surface area contributed by atoms with E-state index < -0.39 is 6.10 Å². The number of aliphatic hydroxyl groups is 1. The van der Waals surface area contributed by atoms with Gasteiger partial charge in [0.25, 0.3) is 5.91 Å². The molecule has 1 atom stereocenters. The van der Waals surface area contributed by atoms with Crippen molar-refractivity contribution in [3.63, 3.8) is 0 Å². The van der Waals surface area contributed by atoms with Gasteiger partial charge in [0.2, 0.25) is 0 Å². The van der Waals surface area contributed by atoms with Crippen LogP contribution < -0.4 is 0 Å². The molecule has 1 aliphatic heterocycles. The molecule has 0 radical (unpaired) electrons. The number of aromatic nitrogens is 3. The number of hydrogen-bond acceptors (Lipinski definition) is 4. The minimum Gasteiger partial charge on any atom is -0.387 e. The van der Waals surface area contributed by atoms with E-state index in [0.29, 0.717) is 12.2 Å². The van der Waals surface area contributed by atoms with Gasteiger partial charge in [-0.25, -0.2) is 9.50 Å². The van der Waals surface area contributed by atoms with Crippen molar-refractivity contribution < 1.29 is 9.90 Å². The van der Waals surface area contributed by atoms with Gasteiger partial charge in [0.05, 0.1) is 12.6 Å². The lowest BCUT2D eigenvalue weighted by Gasteiger charge is -2.31. The molecular weight excluding hydrogens is 328 g/mol. The lowest BCUT2D eigenvalue weighted by Crippen LogP contribution is -2.38. The third-order valence-electron chi connectivity index (χ3n) is 4.20. The standard InChI is InChI=1S/C17H15ClN4O2/c1-10-6-19-16-14(18)15(20-22(16)7-10)17(24)21-8-11-4-2-3-5-12(11)13(23)9-21/h2-7,13,23H,8-9H2,1H3. The highest BCUT2D eigenvalue weighted by Gasteiger charge is 2.30. The molecule has 2 aromatic heterocycles. The van der Waals surface area contributed by atoms with Gasteiger partial charge in [-0.15, -0.1) is 0 Å². The molecular formula is C17H15ClN4O2. The Labute approximate surface area is 143 Å².